The van der Waals surface area contributed by atoms with E-state index in [0.717, 1.165) is 4.31 Å². The molecule has 1 aromatic heterocycles. The van der Waals surface area contributed by atoms with E-state index in [1.807, 2.05) is 13.8 Å². The van der Waals surface area contributed by atoms with Crippen molar-refractivity contribution < 1.29 is 27.4 Å². The van der Waals surface area contributed by atoms with Crippen LogP contribution >= 0.6 is 0 Å². The summed E-state index contributed by atoms with van der Waals surface area (Å²) in [6.07, 6.45) is 3.06. The summed E-state index contributed by atoms with van der Waals surface area (Å²) < 4.78 is 45.9. The van der Waals surface area contributed by atoms with E-state index in [-0.39, 0.29) is 21.7 Å². The Balaban J connectivity index is 2.10. The normalized spacial score (nSPS) is 12.0. The molecule has 0 saturated heterocycles. The molecular weight excluding hydrogens is 506 g/mol. The molecule has 0 aliphatic carbocycles. The maximum absolute atomic E-state index is 13.9. The van der Waals surface area contributed by atoms with Crippen LogP contribution in [-0.2, 0) is 14.8 Å². The largest absolute Gasteiger partial charge is 0.497 e. The van der Waals surface area contributed by atoms with Crippen LogP contribution < -0.4 is 23.8 Å². The molecule has 2 aromatic carbocycles. The van der Waals surface area contributed by atoms with Gasteiger partial charge < -0.3 is 19.5 Å². The Morgan fingerprint density at radius 2 is 1.50 bits per heavy atom. The summed E-state index contributed by atoms with van der Waals surface area (Å²) in [4.78, 5) is 17.0. The molecule has 0 bridgehead atoms. The van der Waals surface area contributed by atoms with Crippen molar-refractivity contribution in [3.63, 3.8) is 0 Å². The first kappa shape index (κ1) is 28.8. The molecule has 0 atom stereocenters. The fraction of sp³-hybridized carbons (Fsp3) is 0.357. The molecule has 0 aliphatic heterocycles. The number of nitrogens with one attached hydrogen (secondary N) is 1. The molecule has 10 heteroatoms. The number of nitrogens with zero attached hydrogens (tertiary/aromatic N) is 2. The number of hydrogen-bond acceptors (Lipinski definition) is 7. The van der Waals surface area contributed by atoms with Gasteiger partial charge in [-0.05, 0) is 62.4 Å². The van der Waals surface area contributed by atoms with Crippen LogP contribution in [0.5, 0.6) is 17.2 Å². The number of anilines is 2. The van der Waals surface area contributed by atoms with E-state index in [2.05, 4.69) is 31.1 Å². The lowest BCUT2D eigenvalue weighted by atomic mass is 9.79. The molecule has 0 radical (unpaired) electrons. The van der Waals surface area contributed by atoms with Crippen LogP contribution in [0.15, 0.2) is 71.9 Å². The molecule has 0 fully saturated rings. The van der Waals surface area contributed by atoms with Gasteiger partial charge in [0.25, 0.3) is 10.0 Å². The smallest absolute Gasteiger partial charge is 0.264 e. The summed E-state index contributed by atoms with van der Waals surface area (Å²) >= 11 is 0. The van der Waals surface area contributed by atoms with E-state index >= 15 is 0 Å². The third-order valence-electron chi connectivity index (χ3n) is 6.50. The minimum Gasteiger partial charge on any atom is -0.497 e. The third-order valence-corrected chi connectivity index (χ3v) is 8.27. The standard InChI is InChI=1S/C28H35N3O6S/c1-27(2,3)28(4,5)37-22-10-13-25(36-7)24(18-22)31(19-26(32)30-20-14-16-29-17-15-20)38(33,34)23-11-8-21(35-6)9-12-23/h8-18H,19H2,1-7H3,(H,29,30,32). The Labute approximate surface area is 224 Å². The number of ether oxygens (including phenoxy) is 3. The molecule has 1 heterocycles. The fourth-order valence-electron chi connectivity index (χ4n) is 3.32. The maximum atomic E-state index is 13.9. The second-order valence-corrected chi connectivity index (χ2v) is 12.0. The Morgan fingerprint density at radius 3 is 2.05 bits per heavy atom. The average Bonchev–Trinajstić information content (AvgIpc) is 2.87. The fourth-order valence-corrected chi connectivity index (χ4v) is 4.74. The van der Waals surface area contributed by atoms with Crippen LogP contribution in [0.25, 0.3) is 0 Å². The van der Waals surface area contributed by atoms with Crippen molar-refractivity contribution in [2.24, 2.45) is 5.41 Å². The lowest BCUT2D eigenvalue weighted by Gasteiger charge is -2.39. The van der Waals surface area contributed by atoms with E-state index in [4.69, 9.17) is 14.2 Å². The van der Waals surface area contributed by atoms with Crippen molar-refractivity contribution in [3.8, 4) is 17.2 Å². The number of amides is 1. The van der Waals surface area contributed by atoms with E-state index in [0.29, 0.717) is 17.2 Å². The Kier molecular flexibility index (Phi) is 8.56. The molecule has 0 spiro atoms. The number of rotatable bonds is 10. The molecule has 0 unspecified atom stereocenters. The van der Waals surface area contributed by atoms with Crippen molar-refractivity contribution in [3.05, 3.63) is 67.0 Å². The molecule has 0 saturated carbocycles. The van der Waals surface area contributed by atoms with Gasteiger partial charge in [0.2, 0.25) is 5.91 Å². The van der Waals surface area contributed by atoms with Crippen LogP contribution in [0.4, 0.5) is 11.4 Å². The molecule has 0 aliphatic rings. The number of carbonyl (C=O) groups is 1. The second kappa shape index (κ2) is 11.3. The zero-order chi connectivity index (χ0) is 28.1. The summed E-state index contributed by atoms with van der Waals surface area (Å²) in [6.45, 7) is 9.58. The van der Waals surface area contributed by atoms with E-state index in [1.54, 1.807) is 42.5 Å². The molecule has 9 nitrogen and oxygen atoms in total. The lowest BCUT2D eigenvalue weighted by Crippen LogP contribution is -2.42. The molecule has 3 rings (SSSR count). The first-order valence-electron chi connectivity index (χ1n) is 12.0. The van der Waals surface area contributed by atoms with Crippen molar-refractivity contribution >= 4 is 27.3 Å². The summed E-state index contributed by atoms with van der Waals surface area (Å²) in [5.74, 6) is 0.657. The van der Waals surface area contributed by atoms with Crippen LogP contribution in [-0.4, -0.2) is 45.7 Å². The minimum absolute atomic E-state index is 0.0154. The Morgan fingerprint density at radius 1 is 0.895 bits per heavy atom. The van der Waals surface area contributed by atoms with Gasteiger partial charge in [-0.2, -0.15) is 0 Å². The van der Waals surface area contributed by atoms with Crippen molar-refractivity contribution in [2.45, 2.75) is 45.1 Å². The second-order valence-electron chi connectivity index (χ2n) is 10.2. The third kappa shape index (κ3) is 6.55. The van der Waals surface area contributed by atoms with Gasteiger partial charge in [0.15, 0.2) is 0 Å². The van der Waals surface area contributed by atoms with Crippen molar-refractivity contribution in [2.75, 3.05) is 30.4 Å². The van der Waals surface area contributed by atoms with Gasteiger partial charge in [0, 0.05) is 29.6 Å². The van der Waals surface area contributed by atoms with Crippen LogP contribution in [0.3, 0.4) is 0 Å². The molecule has 3 aromatic rings. The quantitative estimate of drug-likeness (QED) is 0.379. The van der Waals surface area contributed by atoms with Crippen molar-refractivity contribution in [1.29, 1.82) is 0 Å². The molecule has 38 heavy (non-hydrogen) atoms. The highest BCUT2D eigenvalue weighted by Crippen LogP contribution is 2.39. The van der Waals surface area contributed by atoms with Crippen LogP contribution in [0, 0.1) is 5.41 Å². The number of aromatic nitrogens is 1. The minimum atomic E-state index is -4.22. The van der Waals surface area contributed by atoms with Gasteiger partial charge >= 0.3 is 0 Å². The van der Waals surface area contributed by atoms with E-state index in [9.17, 15) is 13.2 Å². The predicted molar refractivity (Wildman–Crippen MR) is 148 cm³/mol. The molecule has 1 amide bonds. The first-order chi connectivity index (χ1) is 17.8. The van der Waals surface area contributed by atoms with Gasteiger partial charge in [-0.3, -0.25) is 14.1 Å². The van der Waals surface area contributed by atoms with Crippen molar-refractivity contribution in [1.82, 2.24) is 4.98 Å². The zero-order valence-corrected chi connectivity index (χ0v) is 23.6. The van der Waals surface area contributed by atoms with Gasteiger partial charge in [0.1, 0.15) is 29.4 Å². The lowest BCUT2D eigenvalue weighted by molar-refractivity contribution is -0.114. The summed E-state index contributed by atoms with van der Waals surface area (Å²) in [5, 5.41) is 2.72. The first-order valence-corrected chi connectivity index (χ1v) is 13.5. The average molecular weight is 542 g/mol. The SMILES string of the molecule is COc1ccc(S(=O)(=O)N(CC(=O)Nc2ccncc2)c2cc(OC(C)(C)C(C)(C)C)ccc2OC)cc1. The van der Waals surface area contributed by atoms with E-state index in [1.165, 1.54) is 38.7 Å². The Bertz CT molecular complexity index is 1350. The maximum Gasteiger partial charge on any atom is 0.264 e. The summed E-state index contributed by atoms with van der Waals surface area (Å²) in [5.41, 5.74) is -0.151. The number of carbonyl (C=O) groups excluding carboxylic acids is 1. The van der Waals surface area contributed by atoms with E-state index < -0.39 is 28.1 Å². The number of benzene rings is 2. The molecule has 1 N–H and O–H groups in total. The highest BCUT2D eigenvalue weighted by molar-refractivity contribution is 7.92. The topological polar surface area (TPSA) is 107 Å². The summed E-state index contributed by atoms with van der Waals surface area (Å²) in [6, 6.07) is 14.1. The van der Waals surface area contributed by atoms with Gasteiger partial charge in [0.05, 0.1) is 24.8 Å². The van der Waals surface area contributed by atoms with Crippen LogP contribution in [0.1, 0.15) is 34.6 Å². The predicted octanol–water partition coefficient (Wildman–Crippen LogP) is 5.14. The summed E-state index contributed by atoms with van der Waals surface area (Å²) in [7, 11) is -1.29. The van der Waals surface area contributed by atoms with Crippen LogP contribution in [0.2, 0.25) is 0 Å². The highest BCUT2D eigenvalue weighted by atomic mass is 32.2. The van der Waals surface area contributed by atoms with Gasteiger partial charge in [-0.25, -0.2) is 8.42 Å². The number of sulfonamides is 1. The number of pyridine rings is 1. The van der Waals surface area contributed by atoms with Gasteiger partial charge in [-0.1, -0.05) is 20.8 Å². The Hall–Kier alpha value is -3.79. The number of methoxy groups -OCH3 is 2. The highest BCUT2D eigenvalue weighted by Gasteiger charge is 2.36. The molecule has 204 valence electrons. The van der Waals surface area contributed by atoms with Gasteiger partial charge in [-0.15, -0.1) is 0 Å². The monoisotopic (exact) mass is 541 g/mol. The number of hydrogen-bond donors (Lipinski definition) is 1. The molecular formula is C28H35N3O6S. The zero-order valence-electron chi connectivity index (χ0n) is 22.8.